The van der Waals surface area contributed by atoms with Gasteiger partial charge in [0.05, 0.1) is 6.61 Å². The molecule has 6 heteroatoms. The summed E-state index contributed by atoms with van der Waals surface area (Å²) >= 11 is 1.49. The van der Waals surface area contributed by atoms with Gasteiger partial charge in [0.25, 0.3) is 0 Å². The Balaban J connectivity index is 2.96. The number of nitrogens with two attached hydrogens (primary N) is 1. The summed E-state index contributed by atoms with van der Waals surface area (Å²) < 4.78 is 5.11. The molecule has 0 aliphatic rings. The van der Waals surface area contributed by atoms with E-state index in [4.69, 9.17) is 10.5 Å². The second-order valence-electron chi connectivity index (χ2n) is 3.92. The molecule has 0 bridgehead atoms. The van der Waals surface area contributed by atoms with E-state index in [1.54, 1.807) is 13.2 Å². The fourth-order valence-electron chi connectivity index (χ4n) is 1.50. The Morgan fingerprint density at radius 2 is 2.18 bits per heavy atom. The zero-order valence-electron chi connectivity index (χ0n) is 10.8. The van der Waals surface area contributed by atoms with Crippen LogP contribution in [0.1, 0.15) is 13.8 Å². The van der Waals surface area contributed by atoms with Crippen LogP contribution in [-0.4, -0.2) is 42.5 Å². The largest absolute Gasteiger partial charge is 0.383 e. The highest BCUT2D eigenvalue weighted by Gasteiger charge is 2.13. The van der Waals surface area contributed by atoms with Gasteiger partial charge < -0.3 is 15.4 Å². The van der Waals surface area contributed by atoms with E-state index in [9.17, 15) is 0 Å². The van der Waals surface area contributed by atoms with Crippen LogP contribution in [0.3, 0.4) is 0 Å². The summed E-state index contributed by atoms with van der Waals surface area (Å²) in [6.45, 7) is 5.69. The highest BCUT2D eigenvalue weighted by Crippen LogP contribution is 2.20. The Bertz CT molecular complexity index is 359. The van der Waals surface area contributed by atoms with Crippen molar-refractivity contribution < 1.29 is 4.74 Å². The zero-order valence-corrected chi connectivity index (χ0v) is 11.6. The number of hydrogen-bond acceptors (Lipinski definition) is 6. The van der Waals surface area contributed by atoms with Gasteiger partial charge in [0.1, 0.15) is 11.6 Å². The Kier molecular flexibility index (Phi) is 5.50. The number of rotatable bonds is 6. The van der Waals surface area contributed by atoms with Crippen LogP contribution in [-0.2, 0) is 4.74 Å². The molecule has 0 aromatic carbocycles. The lowest BCUT2D eigenvalue weighted by Crippen LogP contribution is -2.34. The number of methoxy groups -OCH3 is 1. The number of thioether (sulfide) groups is 1. The molecule has 0 unspecified atom stereocenters. The van der Waals surface area contributed by atoms with Crippen LogP contribution in [0.5, 0.6) is 0 Å². The van der Waals surface area contributed by atoms with Crippen molar-refractivity contribution in [2.45, 2.75) is 25.0 Å². The predicted octanol–water partition coefficient (Wildman–Crippen LogP) is 1.64. The van der Waals surface area contributed by atoms with E-state index in [2.05, 4.69) is 28.7 Å². The van der Waals surface area contributed by atoms with Gasteiger partial charge in [-0.15, -0.1) is 0 Å². The molecule has 0 saturated heterocycles. The van der Waals surface area contributed by atoms with Crippen LogP contribution in [0.15, 0.2) is 11.2 Å². The van der Waals surface area contributed by atoms with Gasteiger partial charge in [-0.3, -0.25) is 0 Å². The summed E-state index contributed by atoms with van der Waals surface area (Å²) in [6.07, 6.45) is 1.94. The van der Waals surface area contributed by atoms with Gasteiger partial charge in [-0.1, -0.05) is 11.8 Å². The van der Waals surface area contributed by atoms with Crippen LogP contribution in [0, 0.1) is 0 Å². The number of ether oxygens (including phenoxy) is 1. The SMILES string of the molecule is COCCN(c1cc(N)nc(SC)n1)C(C)C. The first-order valence-electron chi connectivity index (χ1n) is 5.52. The first-order chi connectivity index (χ1) is 8.08. The van der Waals surface area contributed by atoms with Gasteiger partial charge in [0.15, 0.2) is 5.16 Å². The summed E-state index contributed by atoms with van der Waals surface area (Å²) in [5.74, 6) is 1.36. The topological polar surface area (TPSA) is 64.3 Å². The quantitative estimate of drug-likeness (QED) is 0.616. The van der Waals surface area contributed by atoms with Crippen LogP contribution in [0.2, 0.25) is 0 Å². The first kappa shape index (κ1) is 14.1. The van der Waals surface area contributed by atoms with Crippen LogP contribution in [0.4, 0.5) is 11.6 Å². The van der Waals surface area contributed by atoms with Gasteiger partial charge in [-0.25, -0.2) is 9.97 Å². The number of aromatic nitrogens is 2. The van der Waals surface area contributed by atoms with Crippen molar-refractivity contribution in [2.75, 3.05) is 37.2 Å². The van der Waals surface area contributed by atoms with E-state index in [1.165, 1.54) is 11.8 Å². The summed E-state index contributed by atoms with van der Waals surface area (Å²) in [5, 5.41) is 0.697. The molecule has 0 aliphatic heterocycles. The fourth-order valence-corrected chi connectivity index (χ4v) is 1.88. The van der Waals surface area contributed by atoms with Gasteiger partial charge >= 0.3 is 0 Å². The van der Waals surface area contributed by atoms with Crippen molar-refractivity contribution >= 4 is 23.4 Å². The van der Waals surface area contributed by atoms with Crippen LogP contribution < -0.4 is 10.6 Å². The van der Waals surface area contributed by atoms with Crippen LogP contribution >= 0.6 is 11.8 Å². The average Bonchev–Trinajstić information content (AvgIpc) is 2.28. The van der Waals surface area contributed by atoms with Crippen molar-refractivity contribution in [3.8, 4) is 0 Å². The molecule has 5 nitrogen and oxygen atoms in total. The van der Waals surface area contributed by atoms with Crippen molar-refractivity contribution in [3.63, 3.8) is 0 Å². The Labute approximate surface area is 107 Å². The van der Waals surface area contributed by atoms with Crippen molar-refractivity contribution in [1.82, 2.24) is 9.97 Å². The van der Waals surface area contributed by atoms with Gasteiger partial charge in [-0.05, 0) is 20.1 Å². The minimum absolute atomic E-state index is 0.342. The molecule has 17 heavy (non-hydrogen) atoms. The smallest absolute Gasteiger partial charge is 0.191 e. The number of nitrogens with zero attached hydrogens (tertiary/aromatic N) is 3. The van der Waals surface area contributed by atoms with Crippen LogP contribution in [0.25, 0.3) is 0 Å². The lowest BCUT2D eigenvalue weighted by Gasteiger charge is -2.27. The highest BCUT2D eigenvalue weighted by atomic mass is 32.2. The van der Waals surface area contributed by atoms with E-state index in [1.807, 2.05) is 6.26 Å². The third kappa shape index (κ3) is 4.05. The van der Waals surface area contributed by atoms with Crippen molar-refractivity contribution in [2.24, 2.45) is 0 Å². The third-order valence-electron chi connectivity index (χ3n) is 2.35. The Hall–Kier alpha value is -1.01. The predicted molar refractivity (Wildman–Crippen MR) is 72.6 cm³/mol. The number of hydrogen-bond donors (Lipinski definition) is 1. The molecule has 0 fully saturated rings. The fraction of sp³-hybridized carbons (Fsp3) is 0.636. The molecule has 1 aromatic heterocycles. The number of nitrogen functional groups attached to an aromatic ring is 1. The van der Waals surface area contributed by atoms with E-state index >= 15 is 0 Å². The van der Waals surface area contributed by atoms with Crippen molar-refractivity contribution in [3.05, 3.63) is 6.07 Å². The average molecular weight is 256 g/mol. The Morgan fingerprint density at radius 1 is 1.47 bits per heavy atom. The zero-order chi connectivity index (χ0) is 12.8. The number of anilines is 2. The van der Waals surface area contributed by atoms with Gasteiger partial charge in [0.2, 0.25) is 0 Å². The van der Waals surface area contributed by atoms with Gasteiger partial charge in [-0.2, -0.15) is 0 Å². The van der Waals surface area contributed by atoms with E-state index in [0.717, 1.165) is 12.4 Å². The maximum atomic E-state index is 5.78. The summed E-state index contributed by atoms with van der Waals surface area (Å²) in [5.41, 5.74) is 5.78. The van der Waals surface area contributed by atoms with E-state index in [0.29, 0.717) is 23.6 Å². The second-order valence-corrected chi connectivity index (χ2v) is 4.69. The van der Waals surface area contributed by atoms with Crippen molar-refractivity contribution in [1.29, 1.82) is 0 Å². The summed E-state index contributed by atoms with van der Waals surface area (Å²) in [4.78, 5) is 10.8. The maximum Gasteiger partial charge on any atom is 0.191 e. The lowest BCUT2D eigenvalue weighted by atomic mass is 10.3. The molecular weight excluding hydrogens is 236 g/mol. The molecule has 0 atom stereocenters. The van der Waals surface area contributed by atoms with E-state index < -0.39 is 0 Å². The molecular formula is C11H20N4OS. The minimum Gasteiger partial charge on any atom is -0.383 e. The molecule has 0 saturated carbocycles. The molecule has 2 N–H and O–H groups in total. The van der Waals surface area contributed by atoms with E-state index in [-0.39, 0.29) is 0 Å². The Morgan fingerprint density at radius 3 is 2.71 bits per heavy atom. The summed E-state index contributed by atoms with van der Waals surface area (Å²) in [7, 11) is 1.69. The lowest BCUT2D eigenvalue weighted by molar-refractivity contribution is 0.203. The highest BCUT2D eigenvalue weighted by molar-refractivity contribution is 7.98. The molecule has 0 spiro atoms. The third-order valence-corrected chi connectivity index (χ3v) is 2.90. The molecule has 1 rings (SSSR count). The minimum atomic E-state index is 0.342. The monoisotopic (exact) mass is 256 g/mol. The normalized spacial score (nSPS) is 10.9. The molecule has 1 heterocycles. The van der Waals surface area contributed by atoms with Gasteiger partial charge in [0, 0.05) is 25.8 Å². The maximum absolute atomic E-state index is 5.78. The molecule has 0 amide bonds. The first-order valence-corrected chi connectivity index (χ1v) is 6.75. The molecule has 1 aromatic rings. The molecule has 0 aliphatic carbocycles. The molecule has 96 valence electrons. The summed E-state index contributed by atoms with van der Waals surface area (Å²) in [6, 6.07) is 2.14. The standard InChI is InChI=1S/C11H20N4OS/c1-8(2)15(5-6-16-3)10-7-9(12)13-11(14-10)17-4/h7-8H,5-6H2,1-4H3,(H2,12,13,14). The second kappa shape index (κ2) is 6.66. The molecule has 0 radical (unpaired) electrons.